The van der Waals surface area contributed by atoms with Gasteiger partial charge in [-0.05, 0) is 12.7 Å². The molecule has 0 aromatic rings. The van der Waals surface area contributed by atoms with Crippen LogP contribution in [-0.4, -0.2) is 18.3 Å². The van der Waals surface area contributed by atoms with Crippen molar-refractivity contribution in [1.82, 2.24) is 0 Å². The van der Waals surface area contributed by atoms with Crippen LogP contribution in [0.1, 0.15) is 27.2 Å². The molecule has 1 aliphatic rings. The number of hydrogen-bond donors (Lipinski definition) is 0. The van der Waals surface area contributed by atoms with Crippen LogP contribution in [0.5, 0.6) is 0 Å². The molecule has 0 spiro atoms. The first-order valence-corrected chi connectivity index (χ1v) is 5.61. The molecule has 0 aliphatic heterocycles. The quantitative estimate of drug-likeness (QED) is 0.641. The summed E-state index contributed by atoms with van der Waals surface area (Å²) in [7, 11) is 0. The summed E-state index contributed by atoms with van der Waals surface area (Å²) in [6, 6.07) is 0. The molecule has 1 unspecified atom stereocenters. The predicted octanol–water partition coefficient (Wildman–Crippen LogP) is 2.59. The minimum absolute atomic E-state index is 0.0417. The van der Waals surface area contributed by atoms with Gasteiger partial charge in [-0.25, -0.2) is 0 Å². The highest BCUT2D eigenvalue weighted by Crippen LogP contribution is 2.42. The molecule has 0 amide bonds. The average molecular weight is 200 g/mol. The van der Waals surface area contributed by atoms with Gasteiger partial charge in [0, 0.05) is 17.2 Å². The van der Waals surface area contributed by atoms with Gasteiger partial charge in [0.2, 0.25) is 0 Å². The van der Waals surface area contributed by atoms with Crippen LogP contribution in [0.2, 0.25) is 0 Å². The second kappa shape index (κ2) is 3.74. The highest BCUT2D eigenvalue weighted by molar-refractivity contribution is 8.02. The lowest BCUT2D eigenvalue weighted by Gasteiger charge is -2.28. The van der Waals surface area contributed by atoms with E-state index in [1.165, 1.54) is 11.8 Å². The maximum atomic E-state index is 10.9. The maximum Gasteiger partial charge on any atom is 0.303 e. The van der Waals surface area contributed by atoms with Gasteiger partial charge in [-0.2, -0.15) is 0 Å². The number of carbonyl (C=O) groups excluding carboxylic acids is 1. The van der Waals surface area contributed by atoms with Crippen molar-refractivity contribution in [3.05, 3.63) is 11.0 Å². The summed E-state index contributed by atoms with van der Waals surface area (Å²) < 4.78 is 5.30. The Morgan fingerprint density at radius 2 is 2.31 bits per heavy atom. The molecular weight excluding hydrogens is 184 g/mol. The summed E-state index contributed by atoms with van der Waals surface area (Å²) in [5, 5.41) is 0. The van der Waals surface area contributed by atoms with Crippen molar-refractivity contribution in [1.29, 1.82) is 0 Å². The number of rotatable bonds is 2. The average Bonchev–Trinajstić information content (AvgIpc) is 2.27. The van der Waals surface area contributed by atoms with Gasteiger partial charge in [0.1, 0.15) is 6.10 Å². The summed E-state index contributed by atoms with van der Waals surface area (Å²) in [6.45, 7) is 5.72. The fourth-order valence-corrected chi connectivity index (χ4v) is 2.37. The van der Waals surface area contributed by atoms with E-state index in [4.69, 9.17) is 4.74 Å². The van der Waals surface area contributed by atoms with E-state index in [0.717, 1.165) is 6.42 Å². The maximum absolute atomic E-state index is 10.9. The van der Waals surface area contributed by atoms with Gasteiger partial charge in [0.25, 0.3) is 0 Å². The number of ether oxygens (including phenoxy) is 1. The molecule has 0 aromatic heterocycles. The van der Waals surface area contributed by atoms with E-state index < -0.39 is 0 Å². The second-order valence-electron chi connectivity index (χ2n) is 3.99. The van der Waals surface area contributed by atoms with Gasteiger partial charge in [0.15, 0.2) is 0 Å². The Labute approximate surface area is 83.7 Å². The fraction of sp³-hybridized carbons (Fsp3) is 0.700. The van der Waals surface area contributed by atoms with E-state index in [1.54, 1.807) is 11.8 Å². The highest BCUT2D eigenvalue weighted by Gasteiger charge is 2.38. The lowest BCUT2D eigenvalue weighted by Crippen LogP contribution is -2.30. The van der Waals surface area contributed by atoms with Crippen molar-refractivity contribution in [2.45, 2.75) is 33.3 Å². The van der Waals surface area contributed by atoms with Crippen LogP contribution in [0, 0.1) is 5.41 Å². The zero-order chi connectivity index (χ0) is 10.1. The van der Waals surface area contributed by atoms with Gasteiger partial charge in [-0.15, -0.1) is 11.8 Å². The zero-order valence-corrected chi connectivity index (χ0v) is 9.40. The van der Waals surface area contributed by atoms with Crippen molar-refractivity contribution in [3.63, 3.8) is 0 Å². The van der Waals surface area contributed by atoms with E-state index in [2.05, 4.69) is 19.9 Å². The summed E-state index contributed by atoms with van der Waals surface area (Å²) in [5.74, 6) is -0.195. The first kappa shape index (κ1) is 10.6. The Morgan fingerprint density at radius 1 is 1.69 bits per heavy atom. The number of thioether (sulfide) groups is 1. The molecule has 0 saturated heterocycles. The van der Waals surface area contributed by atoms with Crippen molar-refractivity contribution < 1.29 is 9.53 Å². The van der Waals surface area contributed by atoms with E-state index in [1.807, 2.05) is 6.26 Å². The molecule has 0 radical (unpaired) electrons. The number of hydrogen-bond acceptors (Lipinski definition) is 3. The topological polar surface area (TPSA) is 26.3 Å². The summed E-state index contributed by atoms with van der Waals surface area (Å²) in [5.41, 5.74) is 0.0595. The normalized spacial score (nSPS) is 25.5. The first-order valence-electron chi connectivity index (χ1n) is 4.38. The molecule has 0 N–H and O–H groups in total. The molecule has 13 heavy (non-hydrogen) atoms. The zero-order valence-electron chi connectivity index (χ0n) is 8.59. The van der Waals surface area contributed by atoms with E-state index in [-0.39, 0.29) is 17.5 Å². The van der Waals surface area contributed by atoms with Crippen LogP contribution in [-0.2, 0) is 9.53 Å². The molecule has 0 fully saturated rings. The van der Waals surface area contributed by atoms with Gasteiger partial charge in [0.05, 0.1) is 0 Å². The molecule has 2 nitrogen and oxygen atoms in total. The predicted molar refractivity (Wildman–Crippen MR) is 55.6 cm³/mol. The minimum Gasteiger partial charge on any atom is -0.457 e. The summed E-state index contributed by atoms with van der Waals surface area (Å²) >= 11 is 1.67. The number of allylic oxidation sites excluding steroid dienone is 1. The van der Waals surface area contributed by atoms with E-state index in [9.17, 15) is 4.79 Å². The lowest BCUT2D eigenvalue weighted by atomic mass is 9.88. The third kappa shape index (κ3) is 2.27. The van der Waals surface area contributed by atoms with E-state index >= 15 is 0 Å². The smallest absolute Gasteiger partial charge is 0.303 e. The Balaban J connectivity index is 2.75. The van der Waals surface area contributed by atoms with Crippen LogP contribution < -0.4 is 0 Å². The standard InChI is InChI=1S/C10H16O2S/c1-7(11)12-9-8(13-4)5-6-10(9,2)3/h5,9H,6H2,1-4H3. The summed E-state index contributed by atoms with van der Waals surface area (Å²) in [6.07, 6.45) is 5.13. The largest absolute Gasteiger partial charge is 0.457 e. The molecule has 0 saturated carbocycles. The Morgan fingerprint density at radius 3 is 2.77 bits per heavy atom. The number of esters is 1. The summed E-state index contributed by atoms with van der Waals surface area (Å²) in [4.78, 5) is 12.1. The fourth-order valence-electron chi connectivity index (χ4n) is 1.54. The third-order valence-electron chi connectivity index (χ3n) is 2.32. The van der Waals surface area contributed by atoms with Crippen LogP contribution in [0.4, 0.5) is 0 Å². The SMILES string of the molecule is CSC1=CCC(C)(C)C1OC(C)=O. The van der Waals surface area contributed by atoms with Crippen molar-refractivity contribution >= 4 is 17.7 Å². The van der Waals surface area contributed by atoms with Gasteiger partial charge in [-0.3, -0.25) is 4.79 Å². The van der Waals surface area contributed by atoms with Gasteiger partial charge >= 0.3 is 5.97 Å². The highest BCUT2D eigenvalue weighted by atomic mass is 32.2. The minimum atomic E-state index is -0.195. The Hall–Kier alpha value is -0.440. The van der Waals surface area contributed by atoms with Crippen molar-refractivity contribution in [2.75, 3.05) is 6.26 Å². The molecule has 1 rings (SSSR count). The van der Waals surface area contributed by atoms with Crippen LogP contribution in [0.15, 0.2) is 11.0 Å². The van der Waals surface area contributed by atoms with Gasteiger partial charge < -0.3 is 4.74 Å². The lowest BCUT2D eigenvalue weighted by molar-refractivity contribution is -0.148. The van der Waals surface area contributed by atoms with E-state index in [0.29, 0.717) is 0 Å². The van der Waals surface area contributed by atoms with Crippen molar-refractivity contribution in [3.8, 4) is 0 Å². The third-order valence-corrected chi connectivity index (χ3v) is 3.17. The van der Waals surface area contributed by atoms with Gasteiger partial charge in [-0.1, -0.05) is 19.9 Å². The molecule has 0 heterocycles. The molecule has 3 heteroatoms. The van der Waals surface area contributed by atoms with Crippen LogP contribution in [0.25, 0.3) is 0 Å². The van der Waals surface area contributed by atoms with Crippen molar-refractivity contribution in [2.24, 2.45) is 5.41 Å². The number of carbonyl (C=O) groups is 1. The Bertz CT molecular complexity index is 243. The Kier molecular flexibility index (Phi) is 3.06. The molecule has 0 bridgehead atoms. The molecule has 74 valence electrons. The molecular formula is C10H16O2S. The molecule has 1 atom stereocenters. The van der Waals surface area contributed by atoms with Crippen LogP contribution >= 0.6 is 11.8 Å². The first-order chi connectivity index (χ1) is 5.97. The monoisotopic (exact) mass is 200 g/mol. The van der Waals surface area contributed by atoms with Crippen LogP contribution in [0.3, 0.4) is 0 Å². The second-order valence-corrected chi connectivity index (χ2v) is 4.87. The molecule has 0 aromatic carbocycles. The molecule has 1 aliphatic carbocycles.